The lowest BCUT2D eigenvalue weighted by Gasteiger charge is -2.20. The molecule has 14 heavy (non-hydrogen) atoms. The molecule has 2 aliphatic rings. The van der Waals surface area contributed by atoms with E-state index in [1.54, 1.807) is 0 Å². The third kappa shape index (κ3) is 2.37. The predicted molar refractivity (Wildman–Crippen MR) is 54.9 cm³/mol. The van der Waals surface area contributed by atoms with Gasteiger partial charge in [0.2, 0.25) is 0 Å². The molecule has 1 aliphatic carbocycles. The Labute approximate surface area is 85.3 Å². The molecular weight excluding hydrogens is 176 g/mol. The third-order valence-corrected chi connectivity index (χ3v) is 3.18. The zero-order chi connectivity index (χ0) is 9.80. The first-order valence-electron chi connectivity index (χ1n) is 5.72. The fraction of sp³-hybridized carbons (Fsp3) is 0.750. The van der Waals surface area contributed by atoms with Gasteiger partial charge in [0.1, 0.15) is 0 Å². The van der Waals surface area contributed by atoms with Gasteiger partial charge < -0.3 is 4.74 Å². The lowest BCUT2D eigenvalue weighted by atomic mass is 9.85. The van der Waals surface area contributed by atoms with Gasteiger partial charge in [-0.2, -0.15) is 0 Å². The van der Waals surface area contributed by atoms with E-state index in [1.165, 1.54) is 32.1 Å². The number of Topliss-reactive ketones (excluding diaryl/α,β-unsaturated/α-hetero) is 1. The summed E-state index contributed by atoms with van der Waals surface area (Å²) in [7, 11) is 0. The highest BCUT2D eigenvalue weighted by Gasteiger charge is 2.21. The van der Waals surface area contributed by atoms with Crippen LogP contribution in [-0.2, 0) is 9.53 Å². The molecule has 0 radical (unpaired) electrons. The van der Waals surface area contributed by atoms with Crippen LogP contribution in [0.4, 0.5) is 0 Å². The molecule has 2 rings (SSSR count). The molecule has 0 unspecified atom stereocenters. The number of ketones is 1. The van der Waals surface area contributed by atoms with Gasteiger partial charge in [0.25, 0.3) is 0 Å². The number of hydrogen-bond donors (Lipinski definition) is 0. The van der Waals surface area contributed by atoms with Crippen LogP contribution in [0.25, 0.3) is 0 Å². The Balaban J connectivity index is 1.81. The maximum atomic E-state index is 11.7. The molecule has 0 aromatic rings. The first kappa shape index (κ1) is 9.75. The molecule has 0 spiro atoms. The van der Waals surface area contributed by atoms with Crippen molar-refractivity contribution >= 4 is 5.78 Å². The van der Waals surface area contributed by atoms with Crippen LogP contribution < -0.4 is 0 Å². The van der Waals surface area contributed by atoms with Gasteiger partial charge in [-0.05, 0) is 12.0 Å². The normalized spacial score (nSPS) is 23.0. The van der Waals surface area contributed by atoms with E-state index >= 15 is 0 Å². The van der Waals surface area contributed by atoms with E-state index in [-0.39, 0.29) is 5.78 Å². The number of rotatable bonds is 3. The fourth-order valence-electron chi connectivity index (χ4n) is 2.37. The maximum absolute atomic E-state index is 11.7. The summed E-state index contributed by atoms with van der Waals surface area (Å²) in [6.45, 7) is 0.700. The summed E-state index contributed by atoms with van der Waals surface area (Å²) in [6.07, 6.45) is 9.99. The largest absolute Gasteiger partial charge is 0.490 e. The number of carbonyl (C=O) groups is 1. The molecule has 1 aliphatic heterocycles. The van der Waals surface area contributed by atoms with Crippen LogP contribution in [0, 0.1) is 5.92 Å². The summed E-state index contributed by atoms with van der Waals surface area (Å²) in [5.74, 6) is 1.49. The summed E-state index contributed by atoms with van der Waals surface area (Å²) in [5, 5.41) is 0. The van der Waals surface area contributed by atoms with Gasteiger partial charge >= 0.3 is 0 Å². The summed E-state index contributed by atoms with van der Waals surface area (Å²) in [4.78, 5) is 11.7. The van der Waals surface area contributed by atoms with E-state index in [0.29, 0.717) is 24.7 Å². The highest BCUT2D eigenvalue weighted by Crippen LogP contribution is 2.28. The van der Waals surface area contributed by atoms with Crippen LogP contribution in [-0.4, -0.2) is 12.4 Å². The quantitative estimate of drug-likeness (QED) is 0.690. The Morgan fingerprint density at radius 2 is 2.14 bits per heavy atom. The zero-order valence-corrected chi connectivity index (χ0v) is 8.63. The van der Waals surface area contributed by atoms with Crippen molar-refractivity contribution in [3.8, 4) is 0 Å². The molecule has 0 aromatic heterocycles. The second-order valence-corrected chi connectivity index (χ2v) is 4.34. The van der Waals surface area contributed by atoms with Gasteiger partial charge in [-0.3, -0.25) is 4.79 Å². The van der Waals surface area contributed by atoms with Crippen molar-refractivity contribution in [2.24, 2.45) is 5.92 Å². The molecule has 1 heterocycles. The second kappa shape index (κ2) is 4.63. The molecule has 0 atom stereocenters. The Hall–Kier alpha value is -0.790. The van der Waals surface area contributed by atoms with Crippen LogP contribution in [0.2, 0.25) is 0 Å². The van der Waals surface area contributed by atoms with Crippen molar-refractivity contribution < 1.29 is 9.53 Å². The van der Waals surface area contributed by atoms with Gasteiger partial charge in [-0.1, -0.05) is 32.1 Å². The average Bonchev–Trinajstić information content (AvgIpc) is 2.72. The van der Waals surface area contributed by atoms with Crippen LogP contribution in [0.5, 0.6) is 0 Å². The molecule has 2 heteroatoms. The van der Waals surface area contributed by atoms with Crippen LogP contribution >= 0.6 is 0 Å². The Kier molecular flexibility index (Phi) is 3.22. The van der Waals surface area contributed by atoms with Crippen molar-refractivity contribution in [2.45, 2.75) is 44.9 Å². The van der Waals surface area contributed by atoms with E-state index in [0.717, 1.165) is 6.42 Å². The Morgan fingerprint density at radius 1 is 1.36 bits per heavy atom. The van der Waals surface area contributed by atoms with Crippen LogP contribution in [0.15, 0.2) is 11.8 Å². The van der Waals surface area contributed by atoms with E-state index in [2.05, 4.69) is 0 Å². The number of ether oxygens (including phenoxy) is 1. The maximum Gasteiger partial charge on any atom is 0.197 e. The highest BCUT2D eigenvalue weighted by molar-refractivity contribution is 5.93. The number of allylic oxidation sites excluding steroid dienone is 1. The Bertz CT molecular complexity index is 237. The smallest absolute Gasteiger partial charge is 0.197 e. The summed E-state index contributed by atoms with van der Waals surface area (Å²) < 4.78 is 5.27. The lowest BCUT2D eigenvalue weighted by Crippen LogP contribution is -2.13. The van der Waals surface area contributed by atoms with Crippen molar-refractivity contribution in [1.29, 1.82) is 0 Å². The molecule has 0 amide bonds. The van der Waals surface area contributed by atoms with Gasteiger partial charge in [0.05, 0.1) is 6.61 Å². The zero-order valence-electron chi connectivity index (χ0n) is 8.63. The minimum atomic E-state index is 0.231. The van der Waals surface area contributed by atoms with Gasteiger partial charge in [0.15, 0.2) is 11.5 Å². The standard InChI is InChI=1S/C12H18O2/c13-11(12-7-4-8-14-12)9-10-5-2-1-3-6-10/h7,10H,1-6,8-9H2. The average molecular weight is 194 g/mol. The van der Waals surface area contributed by atoms with Crippen molar-refractivity contribution in [3.05, 3.63) is 11.8 Å². The number of hydrogen-bond acceptors (Lipinski definition) is 2. The Morgan fingerprint density at radius 3 is 2.79 bits per heavy atom. The summed E-state index contributed by atoms with van der Waals surface area (Å²) in [6, 6.07) is 0. The van der Waals surface area contributed by atoms with Crippen LogP contribution in [0.3, 0.4) is 0 Å². The first-order chi connectivity index (χ1) is 6.86. The summed E-state index contributed by atoms with van der Waals surface area (Å²) >= 11 is 0. The topological polar surface area (TPSA) is 26.3 Å². The third-order valence-electron chi connectivity index (χ3n) is 3.18. The predicted octanol–water partition coefficient (Wildman–Crippen LogP) is 2.83. The van der Waals surface area contributed by atoms with Gasteiger partial charge in [0, 0.05) is 12.8 Å². The van der Waals surface area contributed by atoms with E-state index in [9.17, 15) is 4.79 Å². The van der Waals surface area contributed by atoms with Gasteiger partial charge in [-0.25, -0.2) is 0 Å². The summed E-state index contributed by atoms with van der Waals surface area (Å²) in [5.41, 5.74) is 0. The molecule has 0 aromatic carbocycles. The second-order valence-electron chi connectivity index (χ2n) is 4.34. The van der Waals surface area contributed by atoms with E-state index < -0.39 is 0 Å². The monoisotopic (exact) mass is 194 g/mol. The molecular formula is C12H18O2. The molecule has 0 N–H and O–H groups in total. The minimum absolute atomic E-state index is 0.231. The van der Waals surface area contributed by atoms with Crippen molar-refractivity contribution in [2.75, 3.05) is 6.61 Å². The SMILES string of the molecule is O=C(CC1CCCCC1)C1=CCCO1. The highest BCUT2D eigenvalue weighted by atomic mass is 16.5. The molecule has 0 saturated heterocycles. The molecule has 78 valence electrons. The fourth-order valence-corrected chi connectivity index (χ4v) is 2.37. The number of carbonyl (C=O) groups excluding carboxylic acids is 1. The molecule has 1 saturated carbocycles. The molecule has 1 fully saturated rings. The van der Waals surface area contributed by atoms with Crippen molar-refractivity contribution in [1.82, 2.24) is 0 Å². The van der Waals surface area contributed by atoms with Crippen molar-refractivity contribution in [3.63, 3.8) is 0 Å². The molecule has 0 bridgehead atoms. The van der Waals surface area contributed by atoms with E-state index in [1.807, 2.05) is 6.08 Å². The van der Waals surface area contributed by atoms with Crippen LogP contribution in [0.1, 0.15) is 44.9 Å². The van der Waals surface area contributed by atoms with E-state index in [4.69, 9.17) is 4.74 Å². The van der Waals surface area contributed by atoms with Gasteiger partial charge in [-0.15, -0.1) is 0 Å². The first-order valence-corrected chi connectivity index (χ1v) is 5.72. The molecule has 2 nitrogen and oxygen atoms in total. The minimum Gasteiger partial charge on any atom is -0.490 e. The lowest BCUT2D eigenvalue weighted by molar-refractivity contribution is -0.119.